The van der Waals surface area contributed by atoms with Crippen molar-refractivity contribution in [1.82, 2.24) is 0 Å². The molecule has 0 fully saturated rings. The molecule has 2 aliphatic heterocycles. The molecule has 2 atom stereocenters. The summed E-state index contributed by atoms with van der Waals surface area (Å²) in [5.41, 5.74) is 6.98. The lowest BCUT2D eigenvalue weighted by Gasteiger charge is -2.42. The van der Waals surface area contributed by atoms with Crippen molar-refractivity contribution in [2.75, 3.05) is 21.3 Å². The number of amides is 2. The van der Waals surface area contributed by atoms with Crippen LogP contribution in [0.2, 0.25) is 0 Å². The van der Waals surface area contributed by atoms with Gasteiger partial charge in [0, 0.05) is 45.0 Å². The molecule has 46 heavy (non-hydrogen) atoms. The lowest BCUT2D eigenvalue weighted by atomic mass is 9.66. The molecule has 2 unspecified atom stereocenters. The molecule has 2 heterocycles. The maximum absolute atomic E-state index is 13.2. The van der Waals surface area contributed by atoms with Crippen LogP contribution in [0.4, 0.5) is 22.7 Å². The summed E-state index contributed by atoms with van der Waals surface area (Å²) in [4.78, 5) is 26.4. The first-order valence-electron chi connectivity index (χ1n) is 15.3. The molecule has 8 rings (SSSR count). The summed E-state index contributed by atoms with van der Waals surface area (Å²) in [6.07, 6.45) is 0. The Labute approximate surface area is 267 Å². The SMILES string of the molecule is O=C(Nc1ccc2c(c1)C1(c3ccccc3)Nc3ccc(NC(=O)c4ccccc4)cc3C1(c1ccccc1)N2)c1ccccc1. The van der Waals surface area contributed by atoms with Gasteiger partial charge in [-0.05, 0) is 71.8 Å². The predicted octanol–water partition coefficient (Wildman–Crippen LogP) is 8.23. The summed E-state index contributed by atoms with van der Waals surface area (Å²) in [5.74, 6) is -0.341. The van der Waals surface area contributed by atoms with Crippen LogP contribution in [0.1, 0.15) is 43.0 Å². The smallest absolute Gasteiger partial charge is 0.255 e. The number of carbonyl (C=O) groups excluding carboxylic acids is 2. The van der Waals surface area contributed by atoms with E-state index in [0.717, 1.165) is 33.6 Å². The van der Waals surface area contributed by atoms with Crippen LogP contribution in [0.15, 0.2) is 158 Å². The molecular formula is C40H30N4O2. The van der Waals surface area contributed by atoms with Gasteiger partial charge < -0.3 is 21.3 Å². The van der Waals surface area contributed by atoms with E-state index >= 15 is 0 Å². The largest absolute Gasteiger partial charge is 0.369 e. The third-order valence-electron chi connectivity index (χ3n) is 9.06. The molecule has 6 heteroatoms. The maximum atomic E-state index is 13.2. The molecule has 2 aliphatic rings. The molecule has 0 spiro atoms. The summed E-state index contributed by atoms with van der Waals surface area (Å²) >= 11 is 0. The standard InChI is InChI=1S/C40H30N4O2/c45-37(27-13-5-1-6-14-27)41-31-21-23-35-33(25-31)39(29-17-9-3-10-18-29)40(43-35,30-19-11-4-12-20-30)34-26-32(22-24-36(34)44-39)42-38(46)28-15-7-2-8-16-28/h1-26,43-44H,(H,41,45)(H,42,46). The number of fused-ring (bicyclic) bond motifs is 5. The second-order valence-electron chi connectivity index (χ2n) is 11.6. The van der Waals surface area contributed by atoms with E-state index in [1.54, 1.807) is 24.3 Å². The predicted molar refractivity (Wildman–Crippen MR) is 183 cm³/mol. The summed E-state index contributed by atoms with van der Waals surface area (Å²) in [6, 6.07) is 51.3. The van der Waals surface area contributed by atoms with Gasteiger partial charge in [-0.15, -0.1) is 0 Å². The van der Waals surface area contributed by atoms with Crippen molar-refractivity contribution in [3.05, 3.63) is 191 Å². The molecule has 6 aromatic rings. The van der Waals surface area contributed by atoms with Crippen molar-refractivity contribution in [1.29, 1.82) is 0 Å². The minimum absolute atomic E-state index is 0.170. The van der Waals surface area contributed by atoms with Crippen LogP contribution >= 0.6 is 0 Å². The Bertz CT molecular complexity index is 1930. The van der Waals surface area contributed by atoms with Gasteiger partial charge in [-0.1, -0.05) is 97.1 Å². The normalized spacial score (nSPS) is 18.7. The monoisotopic (exact) mass is 598 g/mol. The Hall–Kier alpha value is -6.14. The Morgan fingerprint density at radius 2 is 0.783 bits per heavy atom. The van der Waals surface area contributed by atoms with Gasteiger partial charge in [0.15, 0.2) is 0 Å². The third kappa shape index (κ3) is 4.19. The van der Waals surface area contributed by atoms with Crippen LogP contribution in [0, 0.1) is 0 Å². The highest BCUT2D eigenvalue weighted by molar-refractivity contribution is 6.05. The van der Waals surface area contributed by atoms with Crippen LogP contribution in [-0.2, 0) is 11.1 Å². The van der Waals surface area contributed by atoms with Gasteiger partial charge in [-0.25, -0.2) is 0 Å². The maximum Gasteiger partial charge on any atom is 0.255 e. The van der Waals surface area contributed by atoms with E-state index in [-0.39, 0.29) is 11.8 Å². The van der Waals surface area contributed by atoms with Gasteiger partial charge in [0.1, 0.15) is 11.1 Å². The number of benzene rings is 6. The molecule has 222 valence electrons. The molecule has 0 saturated carbocycles. The number of anilines is 4. The number of carbonyl (C=O) groups is 2. The molecule has 6 aromatic carbocycles. The molecule has 0 radical (unpaired) electrons. The first-order valence-corrected chi connectivity index (χ1v) is 15.3. The fourth-order valence-electron chi connectivity index (χ4n) is 7.06. The van der Waals surface area contributed by atoms with Crippen LogP contribution in [0.5, 0.6) is 0 Å². The summed E-state index contributed by atoms with van der Waals surface area (Å²) < 4.78 is 0. The first kappa shape index (κ1) is 27.4. The van der Waals surface area contributed by atoms with Crippen molar-refractivity contribution in [2.45, 2.75) is 11.1 Å². The van der Waals surface area contributed by atoms with E-state index < -0.39 is 11.1 Å². The summed E-state index contributed by atoms with van der Waals surface area (Å²) in [6.45, 7) is 0. The number of nitrogens with one attached hydrogen (secondary N) is 4. The molecule has 0 bridgehead atoms. The fourth-order valence-corrected chi connectivity index (χ4v) is 7.06. The van der Waals surface area contributed by atoms with Crippen LogP contribution in [0.25, 0.3) is 0 Å². The Morgan fingerprint density at radius 1 is 0.435 bits per heavy atom. The number of rotatable bonds is 6. The van der Waals surface area contributed by atoms with Gasteiger partial charge in [-0.3, -0.25) is 9.59 Å². The van der Waals surface area contributed by atoms with Gasteiger partial charge in [0.05, 0.1) is 0 Å². The molecular weight excluding hydrogens is 568 g/mol. The van der Waals surface area contributed by atoms with Gasteiger partial charge in [-0.2, -0.15) is 0 Å². The quantitative estimate of drug-likeness (QED) is 0.156. The van der Waals surface area contributed by atoms with Gasteiger partial charge in [0.25, 0.3) is 11.8 Å². The van der Waals surface area contributed by atoms with Crippen LogP contribution in [-0.4, -0.2) is 11.8 Å². The molecule has 0 aliphatic carbocycles. The second-order valence-corrected chi connectivity index (χ2v) is 11.6. The van der Waals surface area contributed by atoms with Crippen molar-refractivity contribution in [3.63, 3.8) is 0 Å². The number of hydrogen-bond donors (Lipinski definition) is 4. The van der Waals surface area contributed by atoms with Crippen molar-refractivity contribution in [2.24, 2.45) is 0 Å². The van der Waals surface area contributed by atoms with Crippen molar-refractivity contribution in [3.8, 4) is 0 Å². The lowest BCUT2D eigenvalue weighted by molar-refractivity contribution is 0.101. The lowest BCUT2D eigenvalue weighted by Crippen LogP contribution is -2.51. The van der Waals surface area contributed by atoms with Crippen molar-refractivity contribution < 1.29 is 9.59 Å². The topological polar surface area (TPSA) is 82.3 Å². The second kappa shape index (κ2) is 10.8. The molecule has 6 nitrogen and oxygen atoms in total. The average Bonchev–Trinajstić information content (AvgIpc) is 3.57. The van der Waals surface area contributed by atoms with E-state index in [9.17, 15) is 9.59 Å². The Balaban J connectivity index is 1.30. The zero-order valence-corrected chi connectivity index (χ0v) is 24.8. The molecule has 2 amide bonds. The van der Waals surface area contributed by atoms with E-state index in [2.05, 4.69) is 81.9 Å². The van der Waals surface area contributed by atoms with Gasteiger partial charge in [0.2, 0.25) is 0 Å². The summed E-state index contributed by atoms with van der Waals surface area (Å²) in [5, 5.41) is 14.1. The summed E-state index contributed by atoms with van der Waals surface area (Å²) in [7, 11) is 0. The average molecular weight is 599 g/mol. The minimum atomic E-state index is -0.803. The van der Waals surface area contributed by atoms with E-state index in [0.29, 0.717) is 22.5 Å². The van der Waals surface area contributed by atoms with Crippen molar-refractivity contribution >= 4 is 34.6 Å². The highest BCUT2D eigenvalue weighted by atomic mass is 16.2. The van der Waals surface area contributed by atoms with Gasteiger partial charge >= 0.3 is 0 Å². The van der Waals surface area contributed by atoms with Crippen LogP contribution < -0.4 is 21.3 Å². The Morgan fingerprint density at radius 3 is 1.15 bits per heavy atom. The zero-order valence-electron chi connectivity index (χ0n) is 24.8. The minimum Gasteiger partial charge on any atom is -0.369 e. The third-order valence-corrected chi connectivity index (χ3v) is 9.06. The van der Waals surface area contributed by atoms with E-state index in [1.807, 2.05) is 72.8 Å². The Kier molecular flexibility index (Phi) is 6.43. The number of hydrogen-bond acceptors (Lipinski definition) is 4. The first-order chi connectivity index (χ1) is 22.6. The van der Waals surface area contributed by atoms with Crippen LogP contribution in [0.3, 0.4) is 0 Å². The van der Waals surface area contributed by atoms with E-state index in [4.69, 9.17) is 0 Å². The zero-order chi connectivity index (χ0) is 31.1. The fraction of sp³-hybridized carbons (Fsp3) is 0.0500. The highest BCUT2D eigenvalue weighted by Gasteiger charge is 2.65. The highest BCUT2D eigenvalue weighted by Crippen LogP contribution is 2.64. The molecule has 0 saturated heterocycles. The molecule has 0 aromatic heterocycles. The van der Waals surface area contributed by atoms with E-state index in [1.165, 1.54) is 0 Å². The molecule has 4 N–H and O–H groups in total.